The molecule has 0 radical (unpaired) electrons. The van der Waals surface area contributed by atoms with Gasteiger partial charge in [0, 0.05) is 6.04 Å². The molecule has 0 aliphatic heterocycles. The molecule has 3 rings (SSSR count). The molecule has 5 nitrogen and oxygen atoms in total. The van der Waals surface area contributed by atoms with E-state index in [4.69, 9.17) is 9.47 Å². The first kappa shape index (κ1) is 22.9. The zero-order chi connectivity index (χ0) is 22.2. The van der Waals surface area contributed by atoms with Gasteiger partial charge in [0.15, 0.2) is 11.5 Å². The van der Waals surface area contributed by atoms with Crippen molar-refractivity contribution in [2.24, 2.45) is 5.92 Å². The molecular formula is C25H27BrN2O3. The van der Waals surface area contributed by atoms with E-state index in [1.165, 1.54) is 6.42 Å². The number of nitrogens with zero attached hydrogens (tertiary/aromatic N) is 1. The average Bonchev–Trinajstić information content (AvgIpc) is 2.78. The van der Waals surface area contributed by atoms with Crippen LogP contribution in [0.3, 0.4) is 0 Å². The maximum absolute atomic E-state index is 12.7. The van der Waals surface area contributed by atoms with Gasteiger partial charge in [-0.25, -0.2) is 0 Å². The van der Waals surface area contributed by atoms with Gasteiger partial charge in [-0.05, 0) is 64.0 Å². The minimum absolute atomic E-state index is 0.0738. The van der Waals surface area contributed by atoms with Gasteiger partial charge in [-0.15, -0.1) is 0 Å². The van der Waals surface area contributed by atoms with E-state index in [0.29, 0.717) is 34.1 Å². The minimum atomic E-state index is -0.333. The monoisotopic (exact) mass is 482 g/mol. The predicted molar refractivity (Wildman–Crippen MR) is 125 cm³/mol. The van der Waals surface area contributed by atoms with Crippen molar-refractivity contribution in [3.8, 4) is 17.6 Å². The van der Waals surface area contributed by atoms with Crippen LogP contribution in [0.1, 0.15) is 43.7 Å². The number of nitrogens with one attached hydrogen (secondary N) is 1. The molecule has 1 aliphatic rings. The lowest BCUT2D eigenvalue weighted by Crippen LogP contribution is -2.41. The standard InChI is InChI=1S/C25H27BrN2O3/c1-17-8-6-7-11-22(17)28-25(29)20(15-27)12-19-13-21(26)24(23(14-19)30-2)31-16-18-9-4-3-5-10-18/h3-5,9-10,12-14,17,22H,6-8,11,16H2,1-2H3,(H,28,29)/b20-12+/t17-,22+/m1/s1. The third kappa shape index (κ3) is 6.11. The summed E-state index contributed by atoms with van der Waals surface area (Å²) in [5, 5.41) is 12.6. The summed E-state index contributed by atoms with van der Waals surface area (Å²) in [5.74, 6) is 1.19. The number of hydrogen-bond acceptors (Lipinski definition) is 4. The predicted octanol–water partition coefficient (Wildman–Crippen LogP) is 5.64. The first-order valence-electron chi connectivity index (χ1n) is 10.5. The Morgan fingerprint density at radius 2 is 2.00 bits per heavy atom. The van der Waals surface area contributed by atoms with E-state index >= 15 is 0 Å². The quantitative estimate of drug-likeness (QED) is 0.409. The highest BCUT2D eigenvalue weighted by Crippen LogP contribution is 2.37. The number of methoxy groups -OCH3 is 1. The molecule has 0 unspecified atom stereocenters. The molecule has 162 valence electrons. The highest BCUT2D eigenvalue weighted by Gasteiger charge is 2.24. The Hall–Kier alpha value is -2.78. The Morgan fingerprint density at radius 1 is 1.26 bits per heavy atom. The summed E-state index contributed by atoms with van der Waals surface area (Å²) in [5.41, 5.74) is 1.80. The lowest BCUT2D eigenvalue weighted by atomic mass is 9.86. The summed E-state index contributed by atoms with van der Waals surface area (Å²) in [6.07, 6.45) is 5.94. The third-order valence-electron chi connectivity index (χ3n) is 5.58. The number of ether oxygens (including phenoxy) is 2. The molecule has 31 heavy (non-hydrogen) atoms. The summed E-state index contributed by atoms with van der Waals surface area (Å²) in [4.78, 5) is 12.7. The Kier molecular flexibility index (Phi) is 8.13. The van der Waals surface area contributed by atoms with Crippen LogP contribution in [0.4, 0.5) is 0 Å². The fourth-order valence-corrected chi connectivity index (χ4v) is 4.36. The molecule has 0 saturated heterocycles. The lowest BCUT2D eigenvalue weighted by molar-refractivity contribution is -0.118. The third-order valence-corrected chi connectivity index (χ3v) is 6.17. The topological polar surface area (TPSA) is 71.3 Å². The zero-order valence-corrected chi connectivity index (χ0v) is 19.4. The van der Waals surface area contributed by atoms with Crippen molar-refractivity contribution in [3.05, 3.63) is 63.6 Å². The van der Waals surface area contributed by atoms with E-state index in [-0.39, 0.29) is 17.5 Å². The van der Waals surface area contributed by atoms with Gasteiger partial charge in [0.1, 0.15) is 18.2 Å². The minimum Gasteiger partial charge on any atom is -0.493 e. The van der Waals surface area contributed by atoms with Crippen molar-refractivity contribution in [2.75, 3.05) is 7.11 Å². The Bertz CT molecular complexity index is 982. The van der Waals surface area contributed by atoms with Crippen LogP contribution in [0.5, 0.6) is 11.5 Å². The number of amides is 1. The molecule has 1 aliphatic carbocycles. The summed E-state index contributed by atoms with van der Waals surface area (Å²) >= 11 is 3.53. The van der Waals surface area contributed by atoms with Gasteiger partial charge in [0.2, 0.25) is 0 Å². The number of halogens is 1. The van der Waals surface area contributed by atoms with E-state index in [9.17, 15) is 10.1 Å². The summed E-state index contributed by atoms with van der Waals surface area (Å²) < 4.78 is 12.1. The largest absolute Gasteiger partial charge is 0.493 e. The van der Waals surface area contributed by atoms with Gasteiger partial charge in [-0.3, -0.25) is 4.79 Å². The van der Waals surface area contributed by atoms with Gasteiger partial charge in [-0.1, -0.05) is 50.1 Å². The van der Waals surface area contributed by atoms with Crippen LogP contribution in [0, 0.1) is 17.2 Å². The van der Waals surface area contributed by atoms with Crippen molar-refractivity contribution >= 4 is 27.9 Å². The molecule has 2 aromatic carbocycles. The molecule has 0 heterocycles. The van der Waals surface area contributed by atoms with Crippen molar-refractivity contribution in [2.45, 2.75) is 45.3 Å². The fraction of sp³-hybridized carbons (Fsp3) is 0.360. The Morgan fingerprint density at radius 3 is 2.68 bits per heavy atom. The summed E-state index contributed by atoms with van der Waals surface area (Å²) in [6.45, 7) is 2.55. The van der Waals surface area contributed by atoms with Crippen LogP contribution in [-0.4, -0.2) is 19.1 Å². The Labute approximate surface area is 192 Å². The number of benzene rings is 2. The maximum atomic E-state index is 12.7. The SMILES string of the molecule is COc1cc(/C=C(\C#N)C(=O)N[C@H]2CCCC[C@H]2C)cc(Br)c1OCc1ccccc1. The Balaban J connectivity index is 1.77. The fourth-order valence-electron chi connectivity index (χ4n) is 3.79. The molecule has 1 N–H and O–H groups in total. The van der Waals surface area contributed by atoms with E-state index in [0.717, 1.165) is 24.8 Å². The van der Waals surface area contributed by atoms with E-state index in [1.54, 1.807) is 19.3 Å². The second-order valence-electron chi connectivity index (χ2n) is 7.82. The second kappa shape index (κ2) is 11.0. The van der Waals surface area contributed by atoms with E-state index < -0.39 is 0 Å². The summed E-state index contributed by atoms with van der Waals surface area (Å²) in [7, 11) is 1.56. The zero-order valence-electron chi connectivity index (χ0n) is 17.9. The molecule has 0 spiro atoms. The van der Waals surface area contributed by atoms with Gasteiger partial charge in [0.05, 0.1) is 11.6 Å². The molecule has 0 aromatic heterocycles. The molecule has 1 fully saturated rings. The first-order chi connectivity index (χ1) is 15.0. The van der Waals surface area contributed by atoms with Gasteiger partial charge in [0.25, 0.3) is 5.91 Å². The smallest absolute Gasteiger partial charge is 0.262 e. The number of hydrogen-bond donors (Lipinski definition) is 1. The van der Waals surface area contributed by atoms with Crippen LogP contribution in [0.15, 0.2) is 52.5 Å². The van der Waals surface area contributed by atoms with Crippen molar-refractivity contribution in [1.29, 1.82) is 5.26 Å². The first-order valence-corrected chi connectivity index (χ1v) is 11.3. The van der Waals surface area contributed by atoms with Crippen molar-refractivity contribution in [1.82, 2.24) is 5.32 Å². The van der Waals surface area contributed by atoms with Crippen molar-refractivity contribution in [3.63, 3.8) is 0 Å². The molecule has 6 heteroatoms. The number of carbonyl (C=O) groups excluding carboxylic acids is 1. The highest BCUT2D eigenvalue weighted by molar-refractivity contribution is 9.10. The van der Waals surface area contributed by atoms with Gasteiger partial charge in [-0.2, -0.15) is 5.26 Å². The number of nitriles is 1. The molecule has 1 saturated carbocycles. The molecule has 1 amide bonds. The van der Waals surface area contributed by atoms with Gasteiger partial charge < -0.3 is 14.8 Å². The van der Waals surface area contributed by atoms with Gasteiger partial charge >= 0.3 is 0 Å². The molecule has 2 aromatic rings. The van der Waals surface area contributed by atoms with E-state index in [1.807, 2.05) is 42.5 Å². The molecule has 2 atom stereocenters. The number of rotatable bonds is 7. The van der Waals surface area contributed by atoms with Crippen LogP contribution in [-0.2, 0) is 11.4 Å². The van der Waals surface area contributed by atoms with Crippen LogP contribution >= 0.6 is 15.9 Å². The van der Waals surface area contributed by atoms with Crippen LogP contribution in [0.2, 0.25) is 0 Å². The highest BCUT2D eigenvalue weighted by atomic mass is 79.9. The normalized spacial score (nSPS) is 18.7. The lowest BCUT2D eigenvalue weighted by Gasteiger charge is -2.29. The maximum Gasteiger partial charge on any atom is 0.262 e. The van der Waals surface area contributed by atoms with Crippen LogP contribution < -0.4 is 14.8 Å². The molecule has 0 bridgehead atoms. The van der Waals surface area contributed by atoms with Crippen LogP contribution in [0.25, 0.3) is 6.08 Å². The second-order valence-corrected chi connectivity index (χ2v) is 8.67. The van der Waals surface area contributed by atoms with E-state index in [2.05, 4.69) is 28.2 Å². The molecular weight excluding hydrogens is 456 g/mol. The number of carbonyl (C=O) groups is 1. The van der Waals surface area contributed by atoms with Crippen molar-refractivity contribution < 1.29 is 14.3 Å². The summed E-state index contributed by atoms with van der Waals surface area (Å²) in [6, 6.07) is 15.6. The average molecular weight is 483 g/mol.